The number of sulfonamides is 1. The van der Waals surface area contributed by atoms with Crippen molar-refractivity contribution in [3.63, 3.8) is 0 Å². The molecule has 7 nitrogen and oxygen atoms in total. The highest BCUT2D eigenvalue weighted by Crippen LogP contribution is 2.15. The second-order valence-electron chi connectivity index (χ2n) is 5.77. The van der Waals surface area contributed by atoms with Gasteiger partial charge in [0.1, 0.15) is 0 Å². The number of aryl methyl sites for hydroxylation is 1. The molecular weight excluding hydrogens is 372 g/mol. The van der Waals surface area contributed by atoms with Gasteiger partial charge in [-0.3, -0.25) is 0 Å². The van der Waals surface area contributed by atoms with Crippen molar-refractivity contribution in [2.45, 2.75) is 38.0 Å². The highest BCUT2D eigenvalue weighted by atomic mass is 32.2. The molecule has 9 heteroatoms. The maximum atomic E-state index is 12.2. The number of hydrogen-bond donors (Lipinski definition) is 3. The van der Waals surface area contributed by atoms with E-state index in [0.717, 1.165) is 23.4 Å². The third-order valence-electron chi connectivity index (χ3n) is 3.71. The van der Waals surface area contributed by atoms with Crippen LogP contribution < -0.4 is 15.4 Å². The van der Waals surface area contributed by atoms with Gasteiger partial charge in [0.15, 0.2) is 0 Å². The lowest BCUT2D eigenvalue weighted by molar-refractivity contribution is 0.252. The van der Waals surface area contributed by atoms with Crippen molar-refractivity contribution in [2.75, 3.05) is 18.4 Å². The molecule has 0 fully saturated rings. The lowest BCUT2D eigenvalue weighted by Gasteiger charge is -2.10. The first-order chi connectivity index (χ1) is 12.4. The molecule has 26 heavy (non-hydrogen) atoms. The van der Waals surface area contributed by atoms with Crippen LogP contribution in [0.25, 0.3) is 0 Å². The summed E-state index contributed by atoms with van der Waals surface area (Å²) in [5.74, 6) is 0. The summed E-state index contributed by atoms with van der Waals surface area (Å²) in [4.78, 5) is 17.4. The number of amides is 2. The largest absolute Gasteiger partial charge is 0.338 e. The Bertz CT molecular complexity index is 834. The molecule has 1 aromatic heterocycles. The molecule has 142 valence electrons. The maximum Gasteiger partial charge on any atom is 0.319 e. The van der Waals surface area contributed by atoms with E-state index in [1.807, 2.05) is 13.8 Å². The molecular formula is C17H24N4O3S2. The topological polar surface area (TPSA) is 100 Å². The molecule has 0 saturated carbocycles. The summed E-state index contributed by atoms with van der Waals surface area (Å²) in [6, 6.07) is 5.83. The van der Waals surface area contributed by atoms with Gasteiger partial charge in [-0.2, -0.15) is 0 Å². The van der Waals surface area contributed by atoms with Crippen LogP contribution in [0.4, 0.5) is 10.5 Å². The first kappa shape index (κ1) is 20.3. The number of rotatable bonds is 9. The fraction of sp³-hybridized carbons (Fsp3) is 0.412. The number of unbranched alkanes of at least 4 members (excludes halogenated alkanes) is 1. The summed E-state index contributed by atoms with van der Waals surface area (Å²) in [5, 5.41) is 5.42. The Morgan fingerprint density at radius 3 is 2.77 bits per heavy atom. The van der Waals surface area contributed by atoms with Crippen LogP contribution in [0.2, 0.25) is 0 Å². The molecule has 0 aliphatic carbocycles. The summed E-state index contributed by atoms with van der Waals surface area (Å²) in [5.41, 5.74) is 3.19. The smallest absolute Gasteiger partial charge is 0.319 e. The number of urea groups is 1. The Kier molecular flexibility index (Phi) is 7.55. The van der Waals surface area contributed by atoms with E-state index in [1.54, 1.807) is 29.0 Å². The number of carbonyl (C=O) groups is 1. The fourth-order valence-corrected chi connectivity index (χ4v) is 4.14. The van der Waals surface area contributed by atoms with E-state index in [4.69, 9.17) is 0 Å². The molecule has 1 heterocycles. The zero-order chi connectivity index (χ0) is 19.0. The van der Waals surface area contributed by atoms with Crippen molar-refractivity contribution in [3.05, 3.63) is 40.3 Å². The van der Waals surface area contributed by atoms with E-state index in [2.05, 4.69) is 20.3 Å². The third kappa shape index (κ3) is 6.08. The number of carbonyl (C=O) groups excluding carboxylic acids is 1. The van der Waals surface area contributed by atoms with Gasteiger partial charge >= 0.3 is 6.03 Å². The third-order valence-corrected chi connectivity index (χ3v) is 6.16. The highest BCUT2D eigenvalue weighted by Gasteiger charge is 2.14. The Balaban J connectivity index is 1.89. The second kappa shape index (κ2) is 9.65. The van der Waals surface area contributed by atoms with Gasteiger partial charge in [0.25, 0.3) is 0 Å². The van der Waals surface area contributed by atoms with E-state index >= 15 is 0 Å². The number of anilines is 1. The van der Waals surface area contributed by atoms with Gasteiger partial charge in [0.2, 0.25) is 10.0 Å². The van der Waals surface area contributed by atoms with Crippen LogP contribution >= 0.6 is 11.3 Å². The number of benzene rings is 1. The molecule has 3 N–H and O–H groups in total. The maximum absolute atomic E-state index is 12.2. The highest BCUT2D eigenvalue weighted by molar-refractivity contribution is 7.89. The number of nitrogens with one attached hydrogen (secondary N) is 3. The van der Waals surface area contributed by atoms with Gasteiger partial charge < -0.3 is 10.6 Å². The van der Waals surface area contributed by atoms with Crippen molar-refractivity contribution in [3.8, 4) is 0 Å². The number of nitrogens with zero attached hydrogens (tertiary/aromatic N) is 1. The molecule has 0 saturated heterocycles. The van der Waals surface area contributed by atoms with Crippen molar-refractivity contribution < 1.29 is 13.2 Å². The molecule has 0 unspecified atom stereocenters. The van der Waals surface area contributed by atoms with E-state index in [9.17, 15) is 13.2 Å². The predicted molar refractivity (Wildman–Crippen MR) is 104 cm³/mol. The molecule has 1 aromatic carbocycles. The summed E-state index contributed by atoms with van der Waals surface area (Å²) in [7, 11) is -3.57. The minimum atomic E-state index is -3.57. The van der Waals surface area contributed by atoms with Gasteiger partial charge in [-0.15, -0.1) is 11.3 Å². The van der Waals surface area contributed by atoms with E-state index < -0.39 is 10.0 Å². The average molecular weight is 397 g/mol. The number of thiazole rings is 1. The molecule has 2 amide bonds. The first-order valence-corrected chi connectivity index (χ1v) is 10.8. The van der Waals surface area contributed by atoms with Crippen LogP contribution in [-0.4, -0.2) is 32.5 Å². The van der Waals surface area contributed by atoms with Gasteiger partial charge in [-0.05, 0) is 31.5 Å². The Morgan fingerprint density at radius 2 is 2.08 bits per heavy atom. The molecule has 0 aliphatic heterocycles. The molecule has 0 aliphatic rings. The Labute approximate surface area is 158 Å². The average Bonchev–Trinajstić information content (AvgIpc) is 3.00. The summed E-state index contributed by atoms with van der Waals surface area (Å²) in [6.45, 7) is 4.81. The van der Waals surface area contributed by atoms with Crippen LogP contribution in [0.1, 0.15) is 30.3 Å². The van der Waals surface area contributed by atoms with Crippen LogP contribution in [0.3, 0.4) is 0 Å². The minimum Gasteiger partial charge on any atom is -0.338 e. The Hall–Kier alpha value is -1.97. The standard InChI is InChI=1S/C17H24N4O3S2/c1-3-4-9-20-26(23,24)15-7-5-6-14(11-15)21-17(22)18-10-8-16-13(2)19-12-25-16/h5-7,11-12,20H,3-4,8-10H2,1-2H3,(H2,18,21,22). The van der Waals surface area contributed by atoms with Crippen LogP contribution in [0.5, 0.6) is 0 Å². The molecule has 0 radical (unpaired) electrons. The zero-order valence-corrected chi connectivity index (χ0v) is 16.5. The van der Waals surface area contributed by atoms with Crippen LogP contribution in [-0.2, 0) is 16.4 Å². The van der Waals surface area contributed by atoms with Crippen LogP contribution in [0.15, 0.2) is 34.7 Å². The van der Waals surface area contributed by atoms with E-state index in [-0.39, 0.29) is 10.9 Å². The molecule has 0 atom stereocenters. The van der Waals surface area contributed by atoms with E-state index in [0.29, 0.717) is 25.2 Å². The molecule has 2 rings (SSSR count). The lowest BCUT2D eigenvalue weighted by Crippen LogP contribution is -2.30. The summed E-state index contributed by atoms with van der Waals surface area (Å²) < 4.78 is 27.0. The quantitative estimate of drug-likeness (QED) is 0.567. The van der Waals surface area contributed by atoms with Gasteiger partial charge in [0, 0.05) is 30.1 Å². The van der Waals surface area contributed by atoms with Gasteiger partial charge in [-0.25, -0.2) is 22.9 Å². The predicted octanol–water partition coefficient (Wildman–Crippen LogP) is 2.89. The fourth-order valence-electron chi connectivity index (χ4n) is 2.24. The Morgan fingerprint density at radius 1 is 1.27 bits per heavy atom. The zero-order valence-electron chi connectivity index (χ0n) is 14.9. The minimum absolute atomic E-state index is 0.131. The second-order valence-corrected chi connectivity index (χ2v) is 8.48. The normalized spacial score (nSPS) is 11.3. The van der Waals surface area contributed by atoms with Crippen LogP contribution in [0, 0.1) is 6.92 Å². The van der Waals surface area contributed by atoms with Gasteiger partial charge in [0.05, 0.1) is 16.1 Å². The monoisotopic (exact) mass is 396 g/mol. The molecule has 0 spiro atoms. The van der Waals surface area contributed by atoms with Gasteiger partial charge in [-0.1, -0.05) is 19.4 Å². The number of aromatic nitrogens is 1. The summed E-state index contributed by atoms with van der Waals surface area (Å²) >= 11 is 1.56. The van der Waals surface area contributed by atoms with Crippen molar-refractivity contribution >= 4 is 33.1 Å². The van der Waals surface area contributed by atoms with Crippen molar-refractivity contribution in [1.82, 2.24) is 15.0 Å². The SMILES string of the molecule is CCCCNS(=O)(=O)c1cccc(NC(=O)NCCc2scnc2C)c1. The first-order valence-electron chi connectivity index (χ1n) is 8.46. The molecule has 2 aromatic rings. The number of hydrogen-bond acceptors (Lipinski definition) is 5. The van der Waals surface area contributed by atoms with E-state index in [1.165, 1.54) is 12.1 Å². The molecule has 0 bridgehead atoms. The lowest BCUT2D eigenvalue weighted by atomic mass is 10.3. The van der Waals surface area contributed by atoms with Crippen molar-refractivity contribution in [1.29, 1.82) is 0 Å². The van der Waals surface area contributed by atoms with Crippen molar-refractivity contribution in [2.24, 2.45) is 0 Å². The summed E-state index contributed by atoms with van der Waals surface area (Å²) in [6.07, 6.45) is 2.39.